The Hall–Kier alpha value is -4.57. The van der Waals surface area contributed by atoms with Gasteiger partial charge in [0.1, 0.15) is 6.61 Å². The van der Waals surface area contributed by atoms with Crippen molar-refractivity contribution in [1.82, 2.24) is 10.6 Å². The molecule has 0 saturated heterocycles. The van der Waals surface area contributed by atoms with E-state index in [9.17, 15) is 24.0 Å². The van der Waals surface area contributed by atoms with E-state index in [0.717, 1.165) is 48.1 Å². The third kappa shape index (κ3) is 18.0. The molecule has 1 aliphatic rings. The Balaban J connectivity index is 0.000000588. The van der Waals surface area contributed by atoms with Gasteiger partial charge in [-0.2, -0.15) is 0 Å². The fourth-order valence-electron chi connectivity index (χ4n) is 5.59. The monoisotopic (exact) mass is 758 g/mol. The number of methoxy groups -OCH3 is 1. The van der Waals surface area contributed by atoms with E-state index in [-0.39, 0.29) is 61.7 Å². The third-order valence-electron chi connectivity index (χ3n) is 8.26. The lowest BCUT2D eigenvalue weighted by atomic mass is 9.97. The van der Waals surface area contributed by atoms with Gasteiger partial charge in [0.15, 0.2) is 1.41 Å². The van der Waals surface area contributed by atoms with Crippen molar-refractivity contribution in [2.75, 3.05) is 70.5 Å². The van der Waals surface area contributed by atoms with E-state index in [2.05, 4.69) is 28.2 Å². The van der Waals surface area contributed by atoms with Crippen LogP contribution in [0.15, 0.2) is 36.4 Å². The van der Waals surface area contributed by atoms with E-state index in [1.165, 1.54) is 6.92 Å². The molecule has 5 amide bonds. The number of benzene rings is 2. The number of nitrogens with two attached hydrogens (primary N) is 1. The largest absolute Gasteiger partial charge is 0.449 e. The van der Waals surface area contributed by atoms with Gasteiger partial charge >= 0.3 is 6.09 Å². The molecule has 3 rings (SSSR count). The maximum Gasteiger partial charge on any atom is 0.404 e. The Kier molecular flexibility index (Phi) is 21.3. The summed E-state index contributed by atoms with van der Waals surface area (Å²) in [7, 11) is 1.67. The molecule has 0 fully saturated rings. The number of nitrogens with one attached hydrogen (secondary N) is 4. The van der Waals surface area contributed by atoms with Crippen LogP contribution in [0, 0.1) is 0 Å². The summed E-state index contributed by atoms with van der Waals surface area (Å²) in [5, 5.41) is 20.1. The van der Waals surface area contributed by atoms with Crippen molar-refractivity contribution in [3.05, 3.63) is 47.5 Å². The van der Waals surface area contributed by atoms with Gasteiger partial charge in [-0.25, -0.2) is 4.79 Å². The number of carbonyl (C=O) groups is 5. The maximum absolute atomic E-state index is 12.6. The number of unbranched alkanes of at least 4 members (excludes halogenated alkanes) is 1. The van der Waals surface area contributed by atoms with E-state index in [0.29, 0.717) is 63.5 Å². The molecule has 300 valence electrons. The fraction of sp³-hybridized carbons (Fsp3) is 0.564. The number of hydrogen-bond acceptors (Lipinski definition) is 10. The van der Waals surface area contributed by atoms with E-state index >= 15 is 0 Å². The number of rotatable bonds is 24. The predicted octanol–water partition coefficient (Wildman–Crippen LogP) is 4.21. The molecule has 54 heavy (non-hydrogen) atoms. The van der Waals surface area contributed by atoms with E-state index in [1.54, 1.807) is 25.0 Å². The maximum atomic E-state index is 12.6. The van der Waals surface area contributed by atoms with Gasteiger partial charge in [0.25, 0.3) is 0 Å². The van der Waals surface area contributed by atoms with Crippen molar-refractivity contribution in [3.63, 3.8) is 0 Å². The first kappa shape index (κ1) is 43.8. The number of fused-ring (bicyclic) bond motifs is 3. The highest BCUT2D eigenvalue weighted by molar-refractivity contribution is 5.93. The van der Waals surface area contributed by atoms with Gasteiger partial charge in [-0.05, 0) is 79.1 Å². The van der Waals surface area contributed by atoms with Crippen LogP contribution >= 0.6 is 0 Å². The zero-order valence-electron chi connectivity index (χ0n) is 33.1. The number of anilines is 2. The molecule has 0 bridgehead atoms. The van der Waals surface area contributed by atoms with E-state index in [4.69, 9.17) is 25.5 Å². The number of aliphatic hydroxyl groups excluding tert-OH is 1. The summed E-state index contributed by atoms with van der Waals surface area (Å²) in [5.41, 5.74) is 6.37. The number of primary amides is 1. The predicted molar refractivity (Wildman–Crippen MR) is 206 cm³/mol. The molecular weight excluding hydrogens is 698 g/mol. The Morgan fingerprint density at radius 1 is 0.833 bits per heavy atom. The number of aliphatic hydroxyl groups is 1. The van der Waals surface area contributed by atoms with Crippen molar-refractivity contribution in [2.45, 2.75) is 84.2 Å². The molecule has 15 nitrogen and oxygen atoms in total. The van der Waals surface area contributed by atoms with Crippen LogP contribution in [-0.2, 0) is 38.1 Å². The van der Waals surface area contributed by atoms with Crippen molar-refractivity contribution in [1.29, 1.82) is 0 Å². The Bertz CT molecular complexity index is 1510. The van der Waals surface area contributed by atoms with Crippen LogP contribution in [0.4, 0.5) is 16.2 Å². The van der Waals surface area contributed by atoms with Crippen LogP contribution in [0.3, 0.4) is 0 Å². The van der Waals surface area contributed by atoms with Gasteiger partial charge in [-0.1, -0.05) is 25.5 Å². The van der Waals surface area contributed by atoms with Crippen molar-refractivity contribution in [2.24, 2.45) is 5.73 Å². The van der Waals surface area contributed by atoms with E-state index in [1.807, 2.05) is 31.2 Å². The summed E-state index contributed by atoms with van der Waals surface area (Å²) in [4.78, 5) is 58.9. The van der Waals surface area contributed by atoms with Crippen molar-refractivity contribution < 1.29 is 49.4 Å². The summed E-state index contributed by atoms with van der Waals surface area (Å²) in [6, 6.07) is 11.0. The van der Waals surface area contributed by atoms with Gasteiger partial charge < -0.3 is 51.0 Å². The Morgan fingerprint density at radius 2 is 1.44 bits per heavy atom. The molecule has 2 aromatic rings. The zero-order valence-corrected chi connectivity index (χ0v) is 32.1. The zero-order chi connectivity index (χ0) is 40.4. The Labute approximate surface area is 319 Å². The van der Waals surface area contributed by atoms with Crippen LogP contribution in [0.5, 0.6) is 0 Å². The standard InChI is InChI=1S/C28H36N4O7.C11H23NO3/c1-17(10-12-33)38-13-11-30-26(35)4-3-5-27(36)32-20-7-9-22-21-8-6-19(31-18(2)34)14-23(21)25(24(22)15-20)16-39-28(29)37;1-3-4-6-11(13)12-7-10-15-9-5-8-14-2/h6-9,14-15,17,25,33H,3-5,10-13,16H2,1-2H3,(H2,29,37)(H,30,35)(H,31,34)(H,32,36);3-10H2,1-2H3,(H,12,13)/i/hD. The van der Waals surface area contributed by atoms with Gasteiger partial charge in [0, 0.05) is 83.5 Å². The molecule has 15 heteroatoms. The second kappa shape index (κ2) is 26.2. The second-order valence-corrected chi connectivity index (χ2v) is 12.8. The molecule has 0 saturated carbocycles. The minimum Gasteiger partial charge on any atom is -0.449 e. The lowest BCUT2D eigenvalue weighted by molar-refractivity contribution is -0.122. The van der Waals surface area contributed by atoms with Crippen LogP contribution in [-0.4, -0.2) is 101 Å². The second-order valence-electron chi connectivity index (χ2n) is 12.8. The molecule has 0 aliphatic heterocycles. The summed E-state index contributed by atoms with van der Waals surface area (Å²) in [6.45, 7) is 8.68. The molecule has 0 radical (unpaired) electrons. The van der Waals surface area contributed by atoms with Crippen LogP contribution in [0.2, 0.25) is 1.41 Å². The minimum absolute atomic E-state index is 0.0356. The first-order valence-corrected chi connectivity index (χ1v) is 18.6. The fourth-order valence-corrected chi connectivity index (χ4v) is 5.59. The van der Waals surface area contributed by atoms with Gasteiger partial charge in [0.2, 0.25) is 23.6 Å². The number of ether oxygens (including phenoxy) is 4. The number of amides is 5. The molecule has 2 atom stereocenters. The lowest BCUT2D eigenvalue weighted by Gasteiger charge is -2.15. The average Bonchev–Trinajstić information content (AvgIpc) is 3.46. The quantitative estimate of drug-likeness (QED) is 0.0839. The molecule has 0 heterocycles. The van der Waals surface area contributed by atoms with Crippen LogP contribution in [0.1, 0.15) is 89.2 Å². The summed E-state index contributed by atoms with van der Waals surface area (Å²) >= 11 is 0. The highest BCUT2D eigenvalue weighted by Gasteiger charge is 2.30. The van der Waals surface area contributed by atoms with Crippen LogP contribution in [0.25, 0.3) is 11.1 Å². The Morgan fingerprint density at radius 3 is 2.04 bits per heavy atom. The highest BCUT2D eigenvalue weighted by atomic mass is 16.5. The van der Waals surface area contributed by atoms with Crippen molar-refractivity contribution >= 4 is 41.1 Å². The van der Waals surface area contributed by atoms with E-state index < -0.39 is 6.09 Å². The van der Waals surface area contributed by atoms with Gasteiger partial charge in [-0.3, -0.25) is 19.2 Å². The SMILES string of the molecule is CCCCC(=O)NCCOCCCOC.[2H]NC(=O)OCC1c2cc(NC(C)=O)ccc2-c2ccc(NC(=O)CCCC(=O)NCCOC(C)CCO)cc21. The highest BCUT2D eigenvalue weighted by Crippen LogP contribution is 2.46. The molecule has 7 N–H and O–H groups in total. The first-order chi connectivity index (χ1) is 26.5. The molecular formula is C39H59N5O10. The normalized spacial score (nSPS) is 13.2. The molecule has 0 spiro atoms. The molecule has 1 aliphatic carbocycles. The minimum atomic E-state index is -0.884. The van der Waals surface area contributed by atoms with Crippen molar-refractivity contribution in [3.8, 4) is 11.1 Å². The molecule has 2 aromatic carbocycles. The lowest BCUT2D eigenvalue weighted by Crippen LogP contribution is -2.28. The summed E-state index contributed by atoms with van der Waals surface area (Å²) < 4.78 is 27.8. The first-order valence-electron chi connectivity index (χ1n) is 19.1. The number of carbonyl (C=O) groups excluding carboxylic acids is 5. The molecule has 0 aromatic heterocycles. The van der Waals surface area contributed by atoms with Gasteiger partial charge in [-0.15, -0.1) is 0 Å². The molecule has 2 unspecified atom stereocenters. The average molecular weight is 759 g/mol. The topological polar surface area (TPSA) is 217 Å². The van der Waals surface area contributed by atoms with Gasteiger partial charge in [0.05, 0.1) is 19.3 Å². The third-order valence-corrected chi connectivity index (χ3v) is 8.26. The summed E-state index contributed by atoms with van der Waals surface area (Å²) in [5.74, 6) is -0.861. The summed E-state index contributed by atoms with van der Waals surface area (Å²) in [6.07, 6.45) is 3.86. The smallest absolute Gasteiger partial charge is 0.404 e. The van der Waals surface area contributed by atoms with Crippen LogP contribution < -0.4 is 27.0 Å². The number of hydrogen-bond donors (Lipinski definition) is 6.